The molecule has 0 fully saturated rings. The first-order valence-electron chi connectivity index (χ1n) is 13.5. The van der Waals surface area contributed by atoms with Gasteiger partial charge in [0.2, 0.25) is 11.8 Å². The second kappa shape index (κ2) is 14.7. The topological polar surface area (TPSA) is 66.6 Å². The molecule has 210 valence electrons. The Labute approximate surface area is 267 Å². The van der Waals surface area contributed by atoms with Crippen molar-refractivity contribution in [3.63, 3.8) is 0 Å². The maximum Gasteiger partial charge on any atom is 0.248 e. The van der Waals surface area contributed by atoms with E-state index in [1.807, 2.05) is 66.7 Å². The number of hydrogen-bond donors (Lipinski definition) is 0. The largest absolute Gasteiger partial charge is 0.496 e. The Bertz CT molecular complexity index is 1540. The molecule has 0 amide bonds. The Morgan fingerprint density at radius 2 is 1.10 bits per heavy atom. The molecule has 1 heterocycles. The summed E-state index contributed by atoms with van der Waals surface area (Å²) in [5.74, 6) is 3.61. The maximum absolute atomic E-state index is 5.97. The van der Waals surface area contributed by atoms with Crippen LogP contribution in [-0.4, -0.2) is 30.5 Å². The smallest absolute Gasteiger partial charge is 0.248 e. The highest BCUT2D eigenvalue weighted by molar-refractivity contribution is 14.1. The second-order valence-electron chi connectivity index (χ2n) is 9.41. The van der Waals surface area contributed by atoms with Gasteiger partial charge in [-0.2, -0.15) is 0 Å². The second-order valence-corrected chi connectivity index (χ2v) is 11.7. The number of rotatable bonds is 13. The molecule has 0 atom stereocenters. The zero-order valence-corrected chi connectivity index (χ0v) is 27.0. The van der Waals surface area contributed by atoms with Gasteiger partial charge in [-0.1, -0.05) is 42.5 Å². The first kappa shape index (κ1) is 29.4. The summed E-state index contributed by atoms with van der Waals surface area (Å²) in [7, 11) is 1.69. The normalized spacial score (nSPS) is 10.9. The highest BCUT2D eigenvalue weighted by Gasteiger charge is 2.11. The number of unbranched alkanes of at least 4 members (excludes halogenated alkanes) is 3. The van der Waals surface area contributed by atoms with Gasteiger partial charge < -0.3 is 18.6 Å². The molecule has 1 aromatic heterocycles. The summed E-state index contributed by atoms with van der Waals surface area (Å²) < 4.78 is 25.3. The fourth-order valence-electron chi connectivity index (χ4n) is 4.29. The van der Waals surface area contributed by atoms with Gasteiger partial charge in [0.15, 0.2) is 0 Å². The van der Waals surface area contributed by atoms with Crippen LogP contribution in [0.15, 0.2) is 95.4 Å². The molecule has 8 heteroatoms. The third kappa shape index (κ3) is 8.00. The van der Waals surface area contributed by atoms with E-state index < -0.39 is 0 Å². The number of nitrogens with zero attached hydrogens (tertiary/aromatic N) is 2. The third-order valence-corrected chi connectivity index (χ3v) is 8.22. The molecule has 4 aromatic carbocycles. The lowest BCUT2D eigenvalue weighted by Gasteiger charge is -2.11. The van der Waals surface area contributed by atoms with Crippen LogP contribution >= 0.6 is 45.2 Å². The van der Waals surface area contributed by atoms with Crippen LogP contribution in [0.4, 0.5) is 0 Å². The van der Waals surface area contributed by atoms with Gasteiger partial charge in [0.05, 0.1) is 27.5 Å². The number of hydrogen-bond acceptors (Lipinski definition) is 6. The van der Waals surface area contributed by atoms with Crippen molar-refractivity contribution >= 4 is 45.2 Å². The van der Waals surface area contributed by atoms with Crippen LogP contribution in [0.1, 0.15) is 25.7 Å². The number of ether oxygens (including phenoxy) is 3. The zero-order chi connectivity index (χ0) is 28.4. The SMILES string of the molecule is COc1cc(I)c(OCCCCCCOc2ccc(-c3nnc(-c4ccc(-c5ccccc5)cc4)o3)cc2)cc1I. The van der Waals surface area contributed by atoms with Gasteiger partial charge in [-0.15, -0.1) is 10.2 Å². The van der Waals surface area contributed by atoms with Gasteiger partial charge >= 0.3 is 0 Å². The van der Waals surface area contributed by atoms with E-state index in [9.17, 15) is 0 Å². The molecule has 0 aliphatic rings. The summed E-state index contributed by atoms with van der Waals surface area (Å²) in [6, 6.07) is 30.2. The van der Waals surface area contributed by atoms with Gasteiger partial charge in [0.25, 0.3) is 0 Å². The van der Waals surface area contributed by atoms with Gasteiger partial charge in [0.1, 0.15) is 17.2 Å². The Hall–Kier alpha value is -3.12. The molecule has 0 aliphatic heterocycles. The quantitative estimate of drug-likeness (QED) is 0.0879. The van der Waals surface area contributed by atoms with E-state index in [1.165, 1.54) is 5.56 Å². The van der Waals surface area contributed by atoms with Crippen LogP contribution in [0.5, 0.6) is 17.2 Å². The Morgan fingerprint density at radius 1 is 0.585 bits per heavy atom. The third-order valence-electron chi connectivity index (χ3n) is 6.54. The summed E-state index contributed by atoms with van der Waals surface area (Å²) in [5.41, 5.74) is 4.07. The highest BCUT2D eigenvalue weighted by Crippen LogP contribution is 2.31. The molecule has 0 bridgehead atoms. The molecule has 0 saturated carbocycles. The van der Waals surface area contributed by atoms with Gasteiger partial charge in [-0.25, -0.2) is 0 Å². The van der Waals surface area contributed by atoms with Crippen molar-refractivity contribution in [3.05, 3.63) is 98.1 Å². The van der Waals surface area contributed by atoms with E-state index in [4.69, 9.17) is 18.6 Å². The predicted octanol–water partition coefficient (Wildman–Crippen LogP) is 9.31. The zero-order valence-electron chi connectivity index (χ0n) is 22.7. The lowest BCUT2D eigenvalue weighted by atomic mass is 10.0. The van der Waals surface area contributed by atoms with E-state index in [-0.39, 0.29) is 0 Å². The maximum atomic E-state index is 5.97. The predicted molar refractivity (Wildman–Crippen MR) is 178 cm³/mol. The van der Waals surface area contributed by atoms with Crippen LogP contribution in [0.3, 0.4) is 0 Å². The van der Waals surface area contributed by atoms with Gasteiger partial charge in [-0.3, -0.25) is 0 Å². The van der Waals surface area contributed by atoms with Crippen LogP contribution in [-0.2, 0) is 0 Å². The number of aromatic nitrogens is 2. The molecule has 5 rings (SSSR count). The van der Waals surface area contributed by atoms with Crippen molar-refractivity contribution in [2.24, 2.45) is 0 Å². The Kier molecular flexibility index (Phi) is 10.5. The molecule has 41 heavy (non-hydrogen) atoms. The molecular formula is C33H30I2N2O4. The van der Waals surface area contributed by atoms with Crippen molar-refractivity contribution in [3.8, 4) is 51.3 Å². The molecule has 0 aliphatic carbocycles. The van der Waals surface area contributed by atoms with Crippen molar-refractivity contribution in [1.82, 2.24) is 10.2 Å². The first-order valence-corrected chi connectivity index (χ1v) is 15.6. The van der Waals surface area contributed by atoms with E-state index in [0.717, 1.165) is 66.8 Å². The Morgan fingerprint density at radius 3 is 1.73 bits per heavy atom. The molecule has 0 spiro atoms. The molecule has 0 radical (unpaired) electrons. The van der Waals surface area contributed by atoms with Crippen LogP contribution in [0.25, 0.3) is 34.0 Å². The summed E-state index contributed by atoms with van der Waals surface area (Å²) in [4.78, 5) is 0. The number of halogens is 2. The molecular weight excluding hydrogens is 742 g/mol. The molecule has 0 saturated heterocycles. The van der Waals surface area contributed by atoms with E-state index in [2.05, 4.69) is 79.6 Å². The Balaban J connectivity index is 1.02. The fraction of sp³-hybridized carbons (Fsp3) is 0.212. The van der Waals surface area contributed by atoms with Crippen molar-refractivity contribution in [1.29, 1.82) is 0 Å². The van der Waals surface area contributed by atoms with Crippen LogP contribution in [0.2, 0.25) is 0 Å². The molecule has 0 unspecified atom stereocenters. The molecule has 0 N–H and O–H groups in total. The molecule has 5 aromatic rings. The average Bonchev–Trinajstić information content (AvgIpc) is 3.51. The van der Waals surface area contributed by atoms with E-state index in [1.54, 1.807) is 7.11 Å². The van der Waals surface area contributed by atoms with Gasteiger partial charge in [0, 0.05) is 11.1 Å². The molecule has 6 nitrogen and oxygen atoms in total. The summed E-state index contributed by atoms with van der Waals surface area (Å²) in [5, 5.41) is 8.49. The minimum absolute atomic E-state index is 0.486. The standard InChI is InChI=1S/C33H30I2N2O4/c1-38-30-21-29(35)31(22-28(30)34)40-20-8-3-2-7-19-39-27-17-15-26(16-18-27)33-37-36-32(41-33)25-13-11-24(12-14-25)23-9-5-4-6-10-23/h4-6,9-18,21-22H,2-3,7-8,19-20H2,1H3. The van der Waals surface area contributed by atoms with Crippen molar-refractivity contribution < 1.29 is 18.6 Å². The van der Waals surface area contributed by atoms with Crippen LogP contribution < -0.4 is 14.2 Å². The van der Waals surface area contributed by atoms with E-state index in [0.29, 0.717) is 25.0 Å². The lowest BCUT2D eigenvalue weighted by molar-refractivity contribution is 0.286. The van der Waals surface area contributed by atoms with Crippen LogP contribution in [0, 0.1) is 7.14 Å². The summed E-state index contributed by atoms with van der Waals surface area (Å²) in [6.07, 6.45) is 4.20. The fourth-order valence-corrected chi connectivity index (χ4v) is 5.55. The number of benzene rings is 4. The van der Waals surface area contributed by atoms with E-state index >= 15 is 0 Å². The van der Waals surface area contributed by atoms with Crippen molar-refractivity contribution in [2.45, 2.75) is 25.7 Å². The average molecular weight is 772 g/mol. The summed E-state index contributed by atoms with van der Waals surface area (Å²) in [6.45, 7) is 1.38. The van der Waals surface area contributed by atoms with Crippen molar-refractivity contribution in [2.75, 3.05) is 20.3 Å². The highest BCUT2D eigenvalue weighted by atomic mass is 127. The first-order chi connectivity index (χ1) is 20.1. The minimum Gasteiger partial charge on any atom is -0.496 e. The summed E-state index contributed by atoms with van der Waals surface area (Å²) >= 11 is 4.55. The monoisotopic (exact) mass is 772 g/mol. The number of methoxy groups -OCH3 is 1. The minimum atomic E-state index is 0.486. The van der Waals surface area contributed by atoms with Gasteiger partial charge in [-0.05, 0) is 131 Å². The lowest BCUT2D eigenvalue weighted by Crippen LogP contribution is -2.01.